The minimum absolute atomic E-state index is 0.0128. The lowest BCUT2D eigenvalue weighted by Gasteiger charge is -2.19. The zero-order valence-corrected chi connectivity index (χ0v) is 11.9. The van der Waals surface area contributed by atoms with Gasteiger partial charge in [-0.1, -0.05) is 25.1 Å². The molecule has 110 valence electrons. The van der Waals surface area contributed by atoms with E-state index in [2.05, 4.69) is 5.32 Å². The van der Waals surface area contributed by atoms with Crippen molar-refractivity contribution < 1.29 is 19.4 Å². The summed E-state index contributed by atoms with van der Waals surface area (Å²) >= 11 is 0. The number of ether oxygens (including phenoxy) is 1. The summed E-state index contributed by atoms with van der Waals surface area (Å²) in [5.41, 5.74) is 0.934. The van der Waals surface area contributed by atoms with E-state index >= 15 is 0 Å². The maximum absolute atomic E-state index is 11.8. The summed E-state index contributed by atoms with van der Waals surface area (Å²) in [6.07, 6.45) is 1.32. The highest BCUT2D eigenvalue weighted by molar-refractivity contribution is 5.77. The second kappa shape index (κ2) is 8.19. The molecule has 0 aliphatic heterocycles. The van der Waals surface area contributed by atoms with Crippen molar-refractivity contribution in [1.82, 2.24) is 5.32 Å². The Labute approximate surface area is 118 Å². The molecule has 1 amide bonds. The molecule has 0 radical (unpaired) electrons. The van der Waals surface area contributed by atoms with Crippen molar-refractivity contribution >= 4 is 11.9 Å². The Kier molecular flexibility index (Phi) is 6.56. The van der Waals surface area contributed by atoms with Crippen molar-refractivity contribution in [1.29, 1.82) is 0 Å². The van der Waals surface area contributed by atoms with Gasteiger partial charge in [0.15, 0.2) is 0 Å². The second-order valence-electron chi connectivity index (χ2n) is 4.52. The van der Waals surface area contributed by atoms with Crippen molar-refractivity contribution in [3.8, 4) is 5.75 Å². The van der Waals surface area contributed by atoms with Crippen LogP contribution in [0.4, 0.5) is 0 Å². The molecule has 0 aliphatic carbocycles. The highest BCUT2D eigenvalue weighted by atomic mass is 16.5. The Bertz CT molecular complexity index is 459. The van der Waals surface area contributed by atoms with Gasteiger partial charge in [0.1, 0.15) is 5.75 Å². The summed E-state index contributed by atoms with van der Waals surface area (Å²) in [5.74, 6) is -0.274. The van der Waals surface area contributed by atoms with Gasteiger partial charge in [0.05, 0.1) is 13.2 Å². The molecule has 1 aromatic carbocycles. The van der Waals surface area contributed by atoms with Crippen molar-refractivity contribution in [2.24, 2.45) is 0 Å². The average Bonchev–Trinajstić information content (AvgIpc) is 2.44. The Hall–Kier alpha value is -2.04. The number of methoxy groups -OCH3 is 1. The van der Waals surface area contributed by atoms with Gasteiger partial charge in [0, 0.05) is 18.4 Å². The number of hydrogen-bond donors (Lipinski definition) is 2. The summed E-state index contributed by atoms with van der Waals surface area (Å²) in [6, 6.07) is 7.43. The van der Waals surface area contributed by atoms with Crippen LogP contribution < -0.4 is 10.1 Å². The Morgan fingerprint density at radius 1 is 1.30 bits per heavy atom. The number of aliphatic carboxylic acids is 1. The highest BCUT2D eigenvalue weighted by Gasteiger charge is 2.16. The van der Waals surface area contributed by atoms with E-state index in [0.29, 0.717) is 6.42 Å². The molecule has 1 aromatic rings. The fourth-order valence-corrected chi connectivity index (χ4v) is 2.02. The topological polar surface area (TPSA) is 75.6 Å². The number of para-hydroxylation sites is 1. The number of hydrogen-bond acceptors (Lipinski definition) is 3. The van der Waals surface area contributed by atoms with Gasteiger partial charge in [-0.05, 0) is 18.9 Å². The van der Waals surface area contributed by atoms with Crippen LogP contribution in [0.5, 0.6) is 5.75 Å². The van der Waals surface area contributed by atoms with Crippen molar-refractivity contribution in [2.75, 3.05) is 7.11 Å². The van der Waals surface area contributed by atoms with Gasteiger partial charge in [0.2, 0.25) is 5.91 Å². The first-order chi connectivity index (χ1) is 9.58. The Morgan fingerprint density at radius 3 is 2.60 bits per heavy atom. The number of benzene rings is 1. The number of carboxylic acid groups (broad SMARTS) is 1. The normalized spacial score (nSPS) is 11.7. The molecule has 0 saturated carbocycles. The van der Waals surface area contributed by atoms with E-state index < -0.39 is 5.97 Å². The van der Waals surface area contributed by atoms with E-state index in [-0.39, 0.29) is 24.8 Å². The van der Waals surface area contributed by atoms with Gasteiger partial charge in [-0.3, -0.25) is 9.59 Å². The van der Waals surface area contributed by atoms with Crippen molar-refractivity contribution in [2.45, 2.75) is 38.6 Å². The fraction of sp³-hybridized carbons (Fsp3) is 0.467. The van der Waals surface area contributed by atoms with Crippen LogP contribution >= 0.6 is 0 Å². The maximum Gasteiger partial charge on any atom is 0.303 e. The number of carbonyl (C=O) groups is 2. The first-order valence-electron chi connectivity index (χ1n) is 6.72. The van der Waals surface area contributed by atoms with E-state index in [1.54, 1.807) is 7.11 Å². The molecule has 0 saturated heterocycles. The lowest BCUT2D eigenvalue weighted by atomic mass is 10.0. The molecule has 1 rings (SSSR count). The van der Waals surface area contributed by atoms with Crippen LogP contribution in [0.1, 0.15) is 44.2 Å². The molecule has 0 bridgehead atoms. The number of nitrogens with one attached hydrogen (secondary N) is 1. The minimum atomic E-state index is -0.880. The summed E-state index contributed by atoms with van der Waals surface area (Å²) in [5, 5.41) is 11.5. The predicted molar refractivity (Wildman–Crippen MR) is 75.7 cm³/mol. The molecule has 1 unspecified atom stereocenters. The maximum atomic E-state index is 11.8. The zero-order valence-electron chi connectivity index (χ0n) is 11.9. The Balaban J connectivity index is 2.62. The second-order valence-corrected chi connectivity index (χ2v) is 4.52. The van der Waals surface area contributed by atoms with Crippen LogP contribution in [0.25, 0.3) is 0 Å². The van der Waals surface area contributed by atoms with E-state index in [9.17, 15) is 9.59 Å². The van der Waals surface area contributed by atoms with Crippen molar-refractivity contribution in [3.63, 3.8) is 0 Å². The summed E-state index contributed by atoms with van der Waals surface area (Å²) in [7, 11) is 1.60. The molecule has 0 fully saturated rings. The molecule has 0 spiro atoms. The van der Waals surface area contributed by atoms with Gasteiger partial charge in [-0.15, -0.1) is 0 Å². The third kappa shape index (κ3) is 4.91. The summed E-state index contributed by atoms with van der Waals surface area (Å²) in [4.78, 5) is 22.2. The molecule has 0 heterocycles. The quantitative estimate of drug-likeness (QED) is 0.766. The third-order valence-electron chi connectivity index (χ3n) is 3.05. The van der Waals surface area contributed by atoms with Crippen LogP contribution in [-0.2, 0) is 9.59 Å². The first kappa shape index (κ1) is 16.0. The average molecular weight is 279 g/mol. The molecular formula is C15H21NO4. The molecule has 2 N–H and O–H groups in total. The fourth-order valence-electron chi connectivity index (χ4n) is 2.02. The molecule has 5 heteroatoms. The van der Waals surface area contributed by atoms with Gasteiger partial charge in [0.25, 0.3) is 0 Å². The zero-order chi connectivity index (χ0) is 15.0. The highest BCUT2D eigenvalue weighted by Crippen LogP contribution is 2.26. The molecule has 0 aromatic heterocycles. The number of rotatable bonds is 8. The van der Waals surface area contributed by atoms with E-state index in [1.807, 2.05) is 31.2 Å². The molecular weight excluding hydrogens is 258 g/mol. The molecule has 0 aliphatic rings. The van der Waals surface area contributed by atoms with Crippen LogP contribution in [0, 0.1) is 0 Å². The van der Waals surface area contributed by atoms with Gasteiger partial charge < -0.3 is 15.2 Å². The molecule has 1 atom stereocenters. The standard InChI is InChI=1S/C15H21NO4/c1-3-12(11-7-4-5-8-13(11)20-2)16-14(17)9-6-10-15(18)19/h4-5,7-8,12H,3,6,9-10H2,1-2H3,(H,16,17)(H,18,19). The van der Waals surface area contributed by atoms with E-state index in [0.717, 1.165) is 17.7 Å². The minimum Gasteiger partial charge on any atom is -0.496 e. The molecule has 20 heavy (non-hydrogen) atoms. The van der Waals surface area contributed by atoms with Gasteiger partial charge >= 0.3 is 5.97 Å². The first-order valence-corrected chi connectivity index (χ1v) is 6.72. The third-order valence-corrected chi connectivity index (χ3v) is 3.05. The van der Waals surface area contributed by atoms with Crippen LogP contribution in [0.3, 0.4) is 0 Å². The van der Waals surface area contributed by atoms with Crippen molar-refractivity contribution in [3.05, 3.63) is 29.8 Å². The van der Waals surface area contributed by atoms with Crippen LogP contribution in [-0.4, -0.2) is 24.1 Å². The summed E-state index contributed by atoms with van der Waals surface area (Å²) in [6.45, 7) is 1.98. The van der Waals surface area contributed by atoms with Crippen LogP contribution in [0.2, 0.25) is 0 Å². The lowest BCUT2D eigenvalue weighted by Crippen LogP contribution is -2.28. The lowest BCUT2D eigenvalue weighted by molar-refractivity contribution is -0.137. The van der Waals surface area contributed by atoms with E-state index in [1.165, 1.54) is 0 Å². The smallest absolute Gasteiger partial charge is 0.303 e. The van der Waals surface area contributed by atoms with Gasteiger partial charge in [-0.2, -0.15) is 0 Å². The monoisotopic (exact) mass is 279 g/mol. The molecule has 5 nitrogen and oxygen atoms in total. The van der Waals surface area contributed by atoms with E-state index in [4.69, 9.17) is 9.84 Å². The van der Waals surface area contributed by atoms with Gasteiger partial charge in [-0.25, -0.2) is 0 Å². The number of carboxylic acids is 1. The largest absolute Gasteiger partial charge is 0.496 e. The number of amides is 1. The number of carbonyl (C=O) groups excluding carboxylic acids is 1. The summed E-state index contributed by atoms with van der Waals surface area (Å²) < 4.78 is 5.29. The SMILES string of the molecule is CCC(NC(=O)CCCC(=O)O)c1ccccc1OC. The predicted octanol–water partition coefficient (Wildman–Crippen LogP) is 2.52. The Morgan fingerprint density at radius 2 is 2.00 bits per heavy atom. The van der Waals surface area contributed by atoms with Crippen LogP contribution in [0.15, 0.2) is 24.3 Å².